The Morgan fingerprint density at radius 2 is 2.33 bits per heavy atom. The van der Waals surface area contributed by atoms with Crippen molar-refractivity contribution in [1.29, 1.82) is 5.26 Å². The van der Waals surface area contributed by atoms with Crippen molar-refractivity contribution in [3.8, 4) is 6.07 Å². The molecule has 0 fully saturated rings. The van der Waals surface area contributed by atoms with Gasteiger partial charge in [-0.1, -0.05) is 6.92 Å². The van der Waals surface area contributed by atoms with Gasteiger partial charge in [0, 0.05) is 0 Å². The first-order valence-corrected chi connectivity index (χ1v) is 3.81. The lowest BCUT2D eigenvalue weighted by atomic mass is 10.1. The number of nitrogens with zero attached hydrogens (tertiary/aromatic N) is 1. The zero-order valence-electron chi connectivity index (χ0n) is 6.96. The van der Waals surface area contributed by atoms with E-state index in [0.717, 1.165) is 17.7 Å². The van der Waals surface area contributed by atoms with Crippen molar-refractivity contribution < 1.29 is 0 Å². The van der Waals surface area contributed by atoms with Gasteiger partial charge >= 0.3 is 0 Å². The lowest BCUT2D eigenvalue weighted by molar-refractivity contribution is 1.12. The molecule has 1 rings (SSSR count). The smallest absolute Gasteiger partial charge is 0.0991 e. The second-order valence-corrected chi connectivity index (χ2v) is 2.48. The molecule has 0 spiro atoms. The fourth-order valence-electron chi connectivity index (χ4n) is 1.10. The highest BCUT2D eigenvalue weighted by atomic mass is 15.2. The first kappa shape index (κ1) is 8.57. The number of hydrogen-bond acceptors (Lipinski definition) is 3. The van der Waals surface area contributed by atoms with Crippen LogP contribution in [0.1, 0.15) is 18.1 Å². The predicted octanol–water partition coefficient (Wildman–Crippen LogP) is 1.41. The van der Waals surface area contributed by atoms with E-state index in [-0.39, 0.29) is 0 Å². The van der Waals surface area contributed by atoms with Crippen LogP contribution in [0.15, 0.2) is 18.2 Å². The Kier molecular flexibility index (Phi) is 2.67. The summed E-state index contributed by atoms with van der Waals surface area (Å²) in [6, 6.07) is 7.49. The number of hydrazine groups is 1. The average Bonchev–Trinajstić information content (AvgIpc) is 2.16. The number of rotatable bonds is 2. The maximum absolute atomic E-state index is 8.62. The number of nitrogens with one attached hydrogen (secondary N) is 1. The molecule has 3 heteroatoms. The van der Waals surface area contributed by atoms with Gasteiger partial charge in [-0.3, -0.25) is 5.84 Å². The molecule has 0 aliphatic carbocycles. The summed E-state index contributed by atoms with van der Waals surface area (Å²) in [6.45, 7) is 2.03. The Balaban J connectivity index is 3.13. The van der Waals surface area contributed by atoms with Gasteiger partial charge < -0.3 is 5.43 Å². The Morgan fingerprint density at radius 1 is 1.58 bits per heavy atom. The Morgan fingerprint density at radius 3 is 2.83 bits per heavy atom. The van der Waals surface area contributed by atoms with Crippen LogP contribution < -0.4 is 11.3 Å². The molecule has 0 saturated heterocycles. The molecule has 1 aromatic carbocycles. The van der Waals surface area contributed by atoms with Crippen molar-refractivity contribution in [2.24, 2.45) is 5.84 Å². The van der Waals surface area contributed by atoms with Crippen molar-refractivity contribution in [1.82, 2.24) is 0 Å². The van der Waals surface area contributed by atoms with Gasteiger partial charge in [-0.2, -0.15) is 5.26 Å². The van der Waals surface area contributed by atoms with E-state index in [2.05, 4.69) is 11.5 Å². The van der Waals surface area contributed by atoms with Gasteiger partial charge in [-0.25, -0.2) is 0 Å². The lowest BCUT2D eigenvalue weighted by Crippen LogP contribution is -2.08. The standard InChI is InChI=1S/C9H11N3/c1-2-8-5-7(6-10)3-4-9(8)12-11/h3-5,12H,2,11H2,1H3. The van der Waals surface area contributed by atoms with Gasteiger partial charge in [0.05, 0.1) is 17.3 Å². The summed E-state index contributed by atoms with van der Waals surface area (Å²) in [7, 11) is 0. The van der Waals surface area contributed by atoms with Crippen molar-refractivity contribution >= 4 is 5.69 Å². The average molecular weight is 161 g/mol. The van der Waals surface area contributed by atoms with Gasteiger partial charge in [0.2, 0.25) is 0 Å². The highest BCUT2D eigenvalue weighted by Crippen LogP contribution is 2.16. The Hall–Kier alpha value is -1.53. The molecule has 0 unspecified atom stereocenters. The molecular weight excluding hydrogens is 150 g/mol. The molecule has 0 bridgehead atoms. The van der Waals surface area contributed by atoms with Crippen LogP contribution in [0.5, 0.6) is 0 Å². The molecule has 12 heavy (non-hydrogen) atoms. The van der Waals surface area contributed by atoms with Crippen molar-refractivity contribution in [2.45, 2.75) is 13.3 Å². The van der Waals surface area contributed by atoms with Crippen molar-refractivity contribution in [2.75, 3.05) is 5.43 Å². The SMILES string of the molecule is CCc1cc(C#N)ccc1NN. The van der Waals surface area contributed by atoms with Gasteiger partial charge in [-0.05, 0) is 30.2 Å². The fraction of sp³-hybridized carbons (Fsp3) is 0.222. The summed E-state index contributed by atoms with van der Waals surface area (Å²) in [5, 5.41) is 8.62. The highest BCUT2D eigenvalue weighted by Gasteiger charge is 1.99. The van der Waals surface area contributed by atoms with E-state index in [1.165, 1.54) is 0 Å². The molecule has 3 nitrogen and oxygen atoms in total. The van der Waals surface area contributed by atoms with Crippen molar-refractivity contribution in [3.05, 3.63) is 29.3 Å². The lowest BCUT2D eigenvalue weighted by Gasteiger charge is -2.05. The number of nitrogen functional groups attached to an aromatic ring is 1. The maximum atomic E-state index is 8.62. The van der Waals surface area contributed by atoms with E-state index >= 15 is 0 Å². The maximum Gasteiger partial charge on any atom is 0.0991 e. The Bertz CT molecular complexity index is 312. The van der Waals surface area contributed by atoms with E-state index in [1.54, 1.807) is 6.07 Å². The quantitative estimate of drug-likeness (QED) is 0.509. The van der Waals surface area contributed by atoms with Gasteiger partial charge in [0.1, 0.15) is 0 Å². The van der Waals surface area contributed by atoms with E-state index in [9.17, 15) is 0 Å². The fourth-order valence-corrected chi connectivity index (χ4v) is 1.10. The monoisotopic (exact) mass is 161 g/mol. The van der Waals surface area contributed by atoms with Gasteiger partial charge in [-0.15, -0.1) is 0 Å². The molecular formula is C9H11N3. The molecule has 0 heterocycles. The molecule has 0 atom stereocenters. The minimum Gasteiger partial charge on any atom is -0.324 e. The molecule has 62 valence electrons. The third kappa shape index (κ3) is 1.55. The molecule has 3 N–H and O–H groups in total. The summed E-state index contributed by atoms with van der Waals surface area (Å²) in [6.07, 6.45) is 0.870. The van der Waals surface area contributed by atoms with Crippen LogP contribution in [0, 0.1) is 11.3 Å². The van der Waals surface area contributed by atoms with Crippen LogP contribution >= 0.6 is 0 Å². The number of aryl methyl sites for hydroxylation is 1. The van der Waals surface area contributed by atoms with E-state index in [1.807, 2.05) is 19.1 Å². The van der Waals surface area contributed by atoms with Crippen LogP contribution in [0.4, 0.5) is 5.69 Å². The van der Waals surface area contributed by atoms with E-state index in [4.69, 9.17) is 11.1 Å². The number of hydrogen-bond donors (Lipinski definition) is 2. The minimum atomic E-state index is 0.672. The topological polar surface area (TPSA) is 61.8 Å². The zero-order valence-corrected chi connectivity index (χ0v) is 6.96. The molecule has 0 aromatic heterocycles. The highest BCUT2D eigenvalue weighted by molar-refractivity contribution is 5.53. The first-order valence-electron chi connectivity index (χ1n) is 3.81. The number of nitriles is 1. The Labute approximate surface area is 71.8 Å². The summed E-state index contributed by atoms with van der Waals surface area (Å²) in [5.41, 5.74) is 5.21. The van der Waals surface area contributed by atoms with Crippen LogP contribution in [-0.4, -0.2) is 0 Å². The summed E-state index contributed by atoms with van der Waals surface area (Å²) in [5.74, 6) is 5.28. The summed E-state index contributed by atoms with van der Waals surface area (Å²) >= 11 is 0. The molecule has 1 aromatic rings. The molecule has 0 saturated carbocycles. The largest absolute Gasteiger partial charge is 0.324 e. The molecule has 0 radical (unpaired) electrons. The first-order chi connectivity index (χ1) is 5.81. The molecule has 0 amide bonds. The van der Waals surface area contributed by atoms with Crippen molar-refractivity contribution in [3.63, 3.8) is 0 Å². The number of nitrogens with two attached hydrogens (primary N) is 1. The normalized spacial score (nSPS) is 9.08. The van der Waals surface area contributed by atoms with E-state index in [0.29, 0.717) is 5.56 Å². The number of benzene rings is 1. The van der Waals surface area contributed by atoms with Crippen LogP contribution in [0.3, 0.4) is 0 Å². The van der Waals surface area contributed by atoms with Crippen LogP contribution in [-0.2, 0) is 6.42 Å². The summed E-state index contributed by atoms with van der Waals surface area (Å²) in [4.78, 5) is 0. The van der Waals surface area contributed by atoms with Crippen LogP contribution in [0.2, 0.25) is 0 Å². The van der Waals surface area contributed by atoms with Gasteiger partial charge in [0.25, 0.3) is 0 Å². The third-order valence-corrected chi connectivity index (χ3v) is 1.77. The predicted molar refractivity (Wildman–Crippen MR) is 48.3 cm³/mol. The zero-order chi connectivity index (χ0) is 8.97. The minimum absolute atomic E-state index is 0.672. The molecule has 0 aliphatic rings. The second-order valence-electron chi connectivity index (χ2n) is 2.48. The van der Waals surface area contributed by atoms with E-state index < -0.39 is 0 Å². The summed E-state index contributed by atoms with van der Waals surface area (Å²) < 4.78 is 0. The second kappa shape index (κ2) is 3.74. The van der Waals surface area contributed by atoms with Crippen LogP contribution in [0.25, 0.3) is 0 Å². The van der Waals surface area contributed by atoms with Gasteiger partial charge in [0.15, 0.2) is 0 Å². The molecule has 0 aliphatic heterocycles. The number of anilines is 1. The third-order valence-electron chi connectivity index (χ3n) is 1.77.